The number of ether oxygens (including phenoxy) is 1. The Balaban J connectivity index is 4.20. The molecule has 0 unspecified atom stereocenters. The van der Waals surface area contributed by atoms with Gasteiger partial charge in [0.2, 0.25) is 0 Å². The fourth-order valence-electron chi connectivity index (χ4n) is 1.32. The summed E-state index contributed by atoms with van der Waals surface area (Å²) in [6, 6.07) is 0. The van der Waals surface area contributed by atoms with Crippen molar-refractivity contribution in [2.75, 3.05) is 13.2 Å². The Morgan fingerprint density at radius 2 is 1.86 bits per heavy atom. The fourth-order valence-corrected chi connectivity index (χ4v) is 2.38. The number of carbonyl (C=O) groups excluding carboxylic acids is 1. The van der Waals surface area contributed by atoms with Gasteiger partial charge < -0.3 is 19.4 Å². The Kier molecular flexibility index (Phi) is 8.39. The van der Waals surface area contributed by atoms with E-state index in [1.165, 1.54) is 6.08 Å². The van der Waals surface area contributed by atoms with E-state index in [9.17, 15) is 15.0 Å². The average Bonchev–Trinajstić information content (AvgIpc) is 2.34. The van der Waals surface area contributed by atoms with Crippen molar-refractivity contribution < 1.29 is 24.2 Å². The summed E-state index contributed by atoms with van der Waals surface area (Å²) in [5.74, 6) is -0.527. The van der Waals surface area contributed by atoms with Crippen LogP contribution in [-0.2, 0) is 14.0 Å². The number of esters is 1. The molecule has 6 heteroatoms. The normalized spacial score (nSPS) is 16.0. The van der Waals surface area contributed by atoms with Gasteiger partial charge in [-0.15, -0.1) is 0 Å². The largest absolute Gasteiger partial charge is 0.463 e. The molecule has 0 radical (unpaired) electrons. The number of hydrogen-bond acceptors (Lipinski definition) is 5. The van der Waals surface area contributed by atoms with Gasteiger partial charge in [-0.25, -0.2) is 4.79 Å². The maximum atomic E-state index is 11.1. The topological polar surface area (TPSA) is 76.0 Å². The van der Waals surface area contributed by atoms with Gasteiger partial charge in [-0.2, -0.15) is 0 Å². The molecule has 0 fully saturated rings. The minimum Gasteiger partial charge on any atom is -0.463 e. The first-order chi connectivity index (χ1) is 9.51. The lowest BCUT2D eigenvalue weighted by molar-refractivity contribution is -0.137. The molecule has 0 aliphatic carbocycles. The maximum Gasteiger partial charge on any atom is 0.330 e. The van der Waals surface area contributed by atoms with Gasteiger partial charge in [0.1, 0.15) is 0 Å². The number of rotatable bonds is 8. The Hall–Kier alpha value is -0.693. The molecule has 0 aromatic rings. The van der Waals surface area contributed by atoms with Crippen molar-refractivity contribution >= 4 is 14.3 Å². The van der Waals surface area contributed by atoms with E-state index in [1.54, 1.807) is 6.92 Å². The molecule has 0 saturated heterocycles. The zero-order valence-corrected chi connectivity index (χ0v) is 15.0. The lowest BCUT2D eigenvalue weighted by Crippen LogP contribution is -2.41. The van der Waals surface area contributed by atoms with E-state index in [4.69, 9.17) is 9.16 Å². The quantitative estimate of drug-likeness (QED) is 0.408. The summed E-state index contributed by atoms with van der Waals surface area (Å²) >= 11 is 0. The van der Waals surface area contributed by atoms with Crippen LogP contribution < -0.4 is 0 Å². The summed E-state index contributed by atoms with van der Waals surface area (Å²) in [6.45, 7) is 13.1. The highest BCUT2D eigenvalue weighted by atomic mass is 28.4. The number of aliphatic hydroxyl groups is 2. The molecule has 2 atom stereocenters. The Morgan fingerprint density at radius 3 is 2.33 bits per heavy atom. The van der Waals surface area contributed by atoms with Gasteiger partial charge in [-0.3, -0.25) is 0 Å². The molecule has 5 nitrogen and oxygen atoms in total. The van der Waals surface area contributed by atoms with Crippen LogP contribution in [0.5, 0.6) is 0 Å². The highest BCUT2D eigenvalue weighted by Crippen LogP contribution is 2.36. The van der Waals surface area contributed by atoms with Crippen molar-refractivity contribution in [3.05, 3.63) is 12.2 Å². The Bertz CT molecular complexity index is 346. The van der Waals surface area contributed by atoms with Gasteiger partial charge in [0, 0.05) is 12.7 Å². The molecule has 2 N–H and O–H groups in total. The second-order valence-electron chi connectivity index (χ2n) is 6.57. The van der Waals surface area contributed by atoms with Crippen LogP contribution in [0.2, 0.25) is 18.1 Å². The molecule has 21 heavy (non-hydrogen) atoms. The number of aliphatic hydroxyl groups excluding tert-OH is 2. The van der Waals surface area contributed by atoms with Crippen molar-refractivity contribution in [1.29, 1.82) is 0 Å². The van der Waals surface area contributed by atoms with Gasteiger partial charge in [0.25, 0.3) is 0 Å². The Morgan fingerprint density at radius 1 is 1.29 bits per heavy atom. The summed E-state index contributed by atoms with van der Waals surface area (Å²) in [4.78, 5) is 11.1. The van der Waals surface area contributed by atoms with E-state index in [1.807, 2.05) is 0 Å². The van der Waals surface area contributed by atoms with Crippen molar-refractivity contribution in [1.82, 2.24) is 0 Å². The van der Waals surface area contributed by atoms with Crippen LogP contribution >= 0.6 is 0 Å². The standard InChI is InChI=1S/C15H30O5Si/c1-7-19-14(18)9-8-12(16)13(17)10-11-20-21(5,6)15(2,3)4/h8-9,12-13,16-17H,7,10-11H2,1-6H3/b9-8+/t12-,13-/m0/s1. The predicted molar refractivity (Wildman–Crippen MR) is 85.6 cm³/mol. The summed E-state index contributed by atoms with van der Waals surface area (Å²) in [5.41, 5.74) is 0. The van der Waals surface area contributed by atoms with Crippen molar-refractivity contribution in [3.63, 3.8) is 0 Å². The number of hydrogen-bond donors (Lipinski definition) is 2. The third kappa shape index (κ3) is 7.76. The van der Waals surface area contributed by atoms with Gasteiger partial charge in [-0.05, 0) is 37.6 Å². The summed E-state index contributed by atoms with van der Waals surface area (Å²) in [6.07, 6.45) is 0.639. The zero-order chi connectivity index (χ0) is 16.7. The monoisotopic (exact) mass is 318 g/mol. The minimum absolute atomic E-state index is 0.111. The first-order valence-electron chi connectivity index (χ1n) is 7.36. The molecule has 0 spiro atoms. The molecule has 124 valence electrons. The first kappa shape index (κ1) is 20.3. The van der Waals surface area contributed by atoms with Crippen molar-refractivity contribution in [3.8, 4) is 0 Å². The van der Waals surface area contributed by atoms with Gasteiger partial charge in [-0.1, -0.05) is 20.8 Å². The molecule has 0 amide bonds. The van der Waals surface area contributed by atoms with Crippen LogP contribution in [0.4, 0.5) is 0 Å². The molecular weight excluding hydrogens is 288 g/mol. The highest BCUT2D eigenvalue weighted by molar-refractivity contribution is 6.74. The van der Waals surface area contributed by atoms with Crippen molar-refractivity contribution in [2.24, 2.45) is 0 Å². The lowest BCUT2D eigenvalue weighted by Gasteiger charge is -2.36. The first-order valence-corrected chi connectivity index (χ1v) is 10.3. The average molecular weight is 318 g/mol. The molecule has 0 aromatic carbocycles. The summed E-state index contributed by atoms with van der Waals surface area (Å²) in [7, 11) is -1.84. The van der Waals surface area contributed by atoms with E-state index in [0.717, 1.165) is 6.08 Å². The van der Waals surface area contributed by atoms with Gasteiger partial charge in [0.05, 0.1) is 18.8 Å². The van der Waals surface area contributed by atoms with Crippen LogP contribution in [0.15, 0.2) is 12.2 Å². The van der Waals surface area contributed by atoms with Crippen LogP contribution in [0.25, 0.3) is 0 Å². The van der Waals surface area contributed by atoms with Gasteiger partial charge >= 0.3 is 5.97 Å². The van der Waals surface area contributed by atoms with E-state index < -0.39 is 26.5 Å². The fraction of sp³-hybridized carbons (Fsp3) is 0.800. The van der Waals surface area contributed by atoms with Crippen LogP contribution in [0.1, 0.15) is 34.1 Å². The molecule has 0 aromatic heterocycles. The van der Waals surface area contributed by atoms with E-state index in [0.29, 0.717) is 13.0 Å². The third-order valence-electron chi connectivity index (χ3n) is 3.79. The van der Waals surface area contributed by atoms with E-state index in [-0.39, 0.29) is 11.6 Å². The van der Waals surface area contributed by atoms with Crippen LogP contribution in [0.3, 0.4) is 0 Å². The molecule has 0 saturated carbocycles. The predicted octanol–water partition coefficient (Wildman–Crippen LogP) is 2.24. The summed E-state index contributed by atoms with van der Waals surface area (Å²) in [5, 5.41) is 19.7. The molecular formula is C15H30O5Si. The SMILES string of the molecule is CCOC(=O)/C=C/[C@H](O)[C@@H](O)CCO[Si](C)(C)C(C)(C)C. The molecule has 0 rings (SSSR count). The second-order valence-corrected chi connectivity index (χ2v) is 11.4. The van der Waals surface area contributed by atoms with Crippen LogP contribution in [-0.4, -0.2) is 49.9 Å². The van der Waals surface area contributed by atoms with Crippen molar-refractivity contribution in [2.45, 2.75) is 64.5 Å². The lowest BCUT2D eigenvalue weighted by atomic mass is 10.1. The smallest absolute Gasteiger partial charge is 0.330 e. The van der Waals surface area contributed by atoms with E-state index >= 15 is 0 Å². The molecule has 0 aliphatic heterocycles. The van der Waals surface area contributed by atoms with E-state index in [2.05, 4.69) is 33.9 Å². The third-order valence-corrected chi connectivity index (χ3v) is 8.33. The molecule has 0 aliphatic rings. The molecule has 0 bridgehead atoms. The zero-order valence-electron chi connectivity index (χ0n) is 14.0. The maximum absolute atomic E-state index is 11.1. The summed E-state index contributed by atoms with van der Waals surface area (Å²) < 4.78 is 10.6. The Labute approximate surface area is 129 Å². The van der Waals surface area contributed by atoms with Crippen LogP contribution in [0, 0.1) is 0 Å². The minimum atomic E-state index is -1.84. The second kappa shape index (κ2) is 8.68. The highest BCUT2D eigenvalue weighted by Gasteiger charge is 2.37. The molecule has 0 heterocycles. The van der Waals surface area contributed by atoms with Gasteiger partial charge in [0.15, 0.2) is 8.32 Å². The number of carbonyl (C=O) groups is 1.